The molecule has 2 aromatic carbocycles. The molecule has 1 saturated carbocycles. The zero-order valence-electron chi connectivity index (χ0n) is 11.8. The Balaban J connectivity index is 1.85. The van der Waals surface area contributed by atoms with Crippen LogP contribution >= 0.6 is 27.5 Å². The van der Waals surface area contributed by atoms with Gasteiger partial charge in [0.1, 0.15) is 11.5 Å². The molecule has 0 saturated heterocycles. The lowest BCUT2D eigenvalue weighted by atomic mass is 10.2. The number of halogens is 2. The number of nitrogens with one attached hydrogen (secondary N) is 1. The summed E-state index contributed by atoms with van der Waals surface area (Å²) in [6.07, 6.45) is 2.55. The van der Waals surface area contributed by atoms with E-state index in [2.05, 4.69) is 27.3 Å². The van der Waals surface area contributed by atoms with Crippen LogP contribution in [0.15, 0.2) is 40.9 Å². The molecule has 4 heteroatoms. The van der Waals surface area contributed by atoms with Gasteiger partial charge in [0.2, 0.25) is 0 Å². The van der Waals surface area contributed by atoms with Gasteiger partial charge in [-0.05, 0) is 49.6 Å². The lowest BCUT2D eigenvalue weighted by Gasteiger charge is -2.14. The molecule has 0 unspecified atom stereocenters. The van der Waals surface area contributed by atoms with Gasteiger partial charge in [-0.1, -0.05) is 39.7 Å². The lowest BCUT2D eigenvalue weighted by molar-refractivity contribution is 0.472. The molecule has 1 N–H and O–H groups in total. The quantitative estimate of drug-likeness (QED) is 0.759. The van der Waals surface area contributed by atoms with Crippen molar-refractivity contribution in [3.05, 3.63) is 57.0 Å². The van der Waals surface area contributed by atoms with Crippen LogP contribution in [0, 0.1) is 6.92 Å². The average molecular weight is 367 g/mol. The summed E-state index contributed by atoms with van der Waals surface area (Å²) in [5.41, 5.74) is 2.27. The highest BCUT2D eigenvalue weighted by atomic mass is 79.9. The van der Waals surface area contributed by atoms with E-state index in [4.69, 9.17) is 16.3 Å². The van der Waals surface area contributed by atoms with Crippen LogP contribution in [0.25, 0.3) is 0 Å². The van der Waals surface area contributed by atoms with Gasteiger partial charge in [-0.25, -0.2) is 0 Å². The molecule has 1 aliphatic carbocycles. The molecule has 0 heterocycles. The third-order valence-electron chi connectivity index (χ3n) is 3.49. The molecule has 1 fully saturated rings. The summed E-state index contributed by atoms with van der Waals surface area (Å²) in [4.78, 5) is 0. The molecule has 0 aliphatic heterocycles. The van der Waals surface area contributed by atoms with Crippen molar-refractivity contribution in [1.29, 1.82) is 0 Å². The van der Waals surface area contributed by atoms with E-state index in [1.807, 2.05) is 37.3 Å². The maximum atomic E-state index is 6.22. The molecule has 2 aromatic rings. The van der Waals surface area contributed by atoms with Crippen molar-refractivity contribution in [2.24, 2.45) is 0 Å². The average Bonchev–Trinajstić information content (AvgIpc) is 3.26. The molecule has 0 atom stereocenters. The predicted octanol–water partition coefficient (Wildman–Crippen LogP) is 5.46. The summed E-state index contributed by atoms with van der Waals surface area (Å²) >= 11 is 9.73. The highest BCUT2D eigenvalue weighted by Gasteiger charge is 2.20. The maximum absolute atomic E-state index is 6.22. The van der Waals surface area contributed by atoms with Gasteiger partial charge in [0.15, 0.2) is 0 Å². The molecule has 0 radical (unpaired) electrons. The lowest BCUT2D eigenvalue weighted by Crippen LogP contribution is -2.15. The molecular formula is C17H17BrClNO. The molecule has 2 nitrogen and oxygen atoms in total. The van der Waals surface area contributed by atoms with Gasteiger partial charge >= 0.3 is 0 Å². The Morgan fingerprint density at radius 2 is 2.00 bits per heavy atom. The minimum absolute atomic E-state index is 0.627. The van der Waals surface area contributed by atoms with E-state index in [-0.39, 0.29) is 0 Å². The number of rotatable bonds is 5. The molecule has 0 bridgehead atoms. The number of ether oxygens (including phenoxy) is 1. The van der Waals surface area contributed by atoms with Crippen LogP contribution in [-0.4, -0.2) is 6.04 Å². The first-order valence-electron chi connectivity index (χ1n) is 7.07. The SMILES string of the molecule is Cc1ccc(Cl)c(Oc2cc(Br)ccc2CNC2CC2)c1. The fraction of sp³-hybridized carbons (Fsp3) is 0.294. The zero-order chi connectivity index (χ0) is 14.8. The van der Waals surface area contributed by atoms with Crippen molar-refractivity contribution >= 4 is 27.5 Å². The summed E-state index contributed by atoms with van der Waals surface area (Å²) in [6.45, 7) is 2.84. The third kappa shape index (κ3) is 4.00. The molecule has 0 amide bonds. The van der Waals surface area contributed by atoms with Gasteiger partial charge in [-0.3, -0.25) is 0 Å². The second-order valence-corrected chi connectivity index (χ2v) is 6.77. The minimum atomic E-state index is 0.627. The summed E-state index contributed by atoms with van der Waals surface area (Å²) < 4.78 is 7.05. The van der Waals surface area contributed by atoms with Gasteiger partial charge in [0.05, 0.1) is 5.02 Å². The molecule has 0 spiro atoms. The Kier molecular flexibility index (Phi) is 4.53. The van der Waals surface area contributed by atoms with Crippen molar-refractivity contribution in [1.82, 2.24) is 5.32 Å². The van der Waals surface area contributed by atoms with Gasteiger partial charge in [0.25, 0.3) is 0 Å². The van der Waals surface area contributed by atoms with Crippen LogP contribution in [0.2, 0.25) is 5.02 Å². The first kappa shape index (κ1) is 14.9. The molecule has 21 heavy (non-hydrogen) atoms. The van der Waals surface area contributed by atoms with Crippen LogP contribution in [-0.2, 0) is 6.54 Å². The Morgan fingerprint density at radius 3 is 2.76 bits per heavy atom. The van der Waals surface area contributed by atoms with Gasteiger partial charge in [-0.15, -0.1) is 0 Å². The second kappa shape index (κ2) is 6.39. The number of benzene rings is 2. The van der Waals surface area contributed by atoms with Crippen molar-refractivity contribution < 1.29 is 4.74 Å². The number of aryl methyl sites for hydroxylation is 1. The van der Waals surface area contributed by atoms with Gasteiger partial charge < -0.3 is 10.1 Å². The van der Waals surface area contributed by atoms with Crippen molar-refractivity contribution in [3.8, 4) is 11.5 Å². The van der Waals surface area contributed by atoms with E-state index >= 15 is 0 Å². The summed E-state index contributed by atoms with van der Waals surface area (Å²) in [6, 6.07) is 12.6. The van der Waals surface area contributed by atoms with Crippen LogP contribution < -0.4 is 10.1 Å². The largest absolute Gasteiger partial charge is 0.455 e. The summed E-state index contributed by atoms with van der Waals surface area (Å²) in [5, 5.41) is 4.14. The zero-order valence-corrected chi connectivity index (χ0v) is 14.2. The molecule has 1 aliphatic rings. The Morgan fingerprint density at radius 1 is 1.19 bits per heavy atom. The van der Waals surface area contributed by atoms with E-state index in [0.717, 1.165) is 27.9 Å². The highest BCUT2D eigenvalue weighted by Crippen LogP contribution is 2.34. The van der Waals surface area contributed by atoms with E-state index in [0.29, 0.717) is 16.8 Å². The topological polar surface area (TPSA) is 21.3 Å². The smallest absolute Gasteiger partial charge is 0.146 e. The van der Waals surface area contributed by atoms with E-state index < -0.39 is 0 Å². The number of hydrogen-bond acceptors (Lipinski definition) is 2. The molecular weight excluding hydrogens is 350 g/mol. The first-order chi connectivity index (χ1) is 10.1. The Hall–Kier alpha value is -1.03. The maximum Gasteiger partial charge on any atom is 0.146 e. The first-order valence-corrected chi connectivity index (χ1v) is 8.25. The molecule has 110 valence electrons. The predicted molar refractivity (Wildman–Crippen MR) is 90.3 cm³/mol. The summed E-state index contributed by atoms with van der Waals surface area (Å²) in [7, 11) is 0. The van der Waals surface area contributed by atoms with Crippen LogP contribution in [0.3, 0.4) is 0 Å². The minimum Gasteiger partial charge on any atom is -0.455 e. The van der Waals surface area contributed by atoms with E-state index in [1.165, 1.54) is 12.8 Å². The van der Waals surface area contributed by atoms with Crippen LogP contribution in [0.1, 0.15) is 24.0 Å². The Labute approximate surface area is 138 Å². The van der Waals surface area contributed by atoms with Crippen molar-refractivity contribution in [2.75, 3.05) is 0 Å². The third-order valence-corrected chi connectivity index (χ3v) is 4.30. The fourth-order valence-electron chi connectivity index (χ4n) is 2.12. The second-order valence-electron chi connectivity index (χ2n) is 5.44. The van der Waals surface area contributed by atoms with Crippen LogP contribution in [0.4, 0.5) is 0 Å². The molecule has 0 aromatic heterocycles. The normalized spacial score (nSPS) is 14.2. The summed E-state index contributed by atoms with van der Waals surface area (Å²) in [5.74, 6) is 1.53. The highest BCUT2D eigenvalue weighted by molar-refractivity contribution is 9.10. The van der Waals surface area contributed by atoms with Gasteiger partial charge in [0, 0.05) is 22.6 Å². The standard InChI is InChI=1S/C17H17BrClNO/c1-11-2-7-15(19)17(8-11)21-16-9-13(18)4-3-12(16)10-20-14-5-6-14/h2-4,7-9,14,20H,5-6,10H2,1H3. The molecule has 3 rings (SSSR count). The number of hydrogen-bond donors (Lipinski definition) is 1. The van der Waals surface area contributed by atoms with Crippen LogP contribution in [0.5, 0.6) is 11.5 Å². The van der Waals surface area contributed by atoms with Crippen molar-refractivity contribution in [2.45, 2.75) is 32.4 Å². The van der Waals surface area contributed by atoms with Crippen molar-refractivity contribution in [3.63, 3.8) is 0 Å². The monoisotopic (exact) mass is 365 g/mol. The van der Waals surface area contributed by atoms with Gasteiger partial charge in [-0.2, -0.15) is 0 Å². The fourth-order valence-corrected chi connectivity index (χ4v) is 2.61. The Bertz CT molecular complexity index is 655. The van der Waals surface area contributed by atoms with E-state index in [9.17, 15) is 0 Å². The van der Waals surface area contributed by atoms with E-state index in [1.54, 1.807) is 0 Å².